The monoisotopic (exact) mass is 387 g/mol. The molecule has 18 heavy (non-hydrogen) atoms. The molecule has 0 saturated carbocycles. The lowest BCUT2D eigenvalue weighted by atomic mass is 10.1. The van der Waals surface area contributed by atoms with Crippen molar-refractivity contribution in [1.82, 2.24) is 4.98 Å². The van der Waals surface area contributed by atoms with Crippen LogP contribution in [-0.2, 0) is 0 Å². The predicted octanol–water partition coefficient (Wildman–Crippen LogP) is 4.81. The molecule has 0 fully saturated rings. The molecule has 0 spiro atoms. The molecule has 5 heteroatoms. The first-order chi connectivity index (χ1) is 8.58. The van der Waals surface area contributed by atoms with Gasteiger partial charge in [-0.1, -0.05) is 17.8 Å². The van der Waals surface area contributed by atoms with Crippen LogP contribution in [0, 0.1) is 0 Å². The van der Waals surface area contributed by atoms with Crippen LogP contribution in [0.2, 0.25) is 0 Å². The van der Waals surface area contributed by atoms with E-state index in [1.807, 2.05) is 30.3 Å². The van der Waals surface area contributed by atoms with Crippen LogP contribution >= 0.6 is 43.6 Å². The van der Waals surface area contributed by atoms with E-state index < -0.39 is 6.10 Å². The van der Waals surface area contributed by atoms with E-state index in [9.17, 15) is 5.11 Å². The molecule has 0 amide bonds. The zero-order valence-electron chi connectivity index (χ0n) is 9.60. The zero-order chi connectivity index (χ0) is 13.1. The second-order valence-corrected chi connectivity index (χ2v) is 6.50. The lowest BCUT2D eigenvalue weighted by Gasteiger charge is -2.09. The molecule has 2 aromatic rings. The van der Waals surface area contributed by atoms with Crippen molar-refractivity contribution in [1.29, 1.82) is 0 Å². The van der Waals surface area contributed by atoms with Crippen LogP contribution in [0.25, 0.3) is 0 Å². The Labute approximate surface area is 127 Å². The number of halogens is 2. The fraction of sp³-hybridized carbons (Fsp3) is 0.154. The van der Waals surface area contributed by atoms with Gasteiger partial charge in [-0.3, -0.25) is 0 Å². The van der Waals surface area contributed by atoms with Crippen LogP contribution in [0.15, 0.2) is 55.4 Å². The third-order valence-corrected chi connectivity index (χ3v) is 5.29. The lowest BCUT2D eigenvalue weighted by Crippen LogP contribution is -1.91. The van der Waals surface area contributed by atoms with E-state index in [0.29, 0.717) is 0 Å². The van der Waals surface area contributed by atoms with Crippen molar-refractivity contribution in [2.45, 2.75) is 22.9 Å². The quantitative estimate of drug-likeness (QED) is 0.818. The second-order valence-electron chi connectivity index (χ2n) is 3.76. The molecule has 1 aromatic carbocycles. The maximum absolute atomic E-state index is 9.53. The van der Waals surface area contributed by atoms with Crippen LogP contribution in [-0.4, -0.2) is 10.1 Å². The molecule has 1 unspecified atom stereocenters. The summed E-state index contributed by atoms with van der Waals surface area (Å²) < 4.78 is 1.94. The van der Waals surface area contributed by atoms with E-state index in [1.54, 1.807) is 24.9 Å². The van der Waals surface area contributed by atoms with Gasteiger partial charge in [-0.25, -0.2) is 4.98 Å². The third kappa shape index (κ3) is 3.35. The number of benzene rings is 1. The Bertz CT molecular complexity index is 560. The summed E-state index contributed by atoms with van der Waals surface area (Å²) in [5, 5.41) is 10.4. The standard InChI is InChI=1S/C13H11Br2NOS/c1-8(17)9-4-5-12(11(15)7-9)18-13-10(14)3-2-6-16-13/h2-8,17H,1H3. The first-order valence-electron chi connectivity index (χ1n) is 5.34. The number of aliphatic hydroxyl groups excluding tert-OH is 1. The molecule has 0 radical (unpaired) electrons. The molecule has 0 saturated heterocycles. The SMILES string of the molecule is CC(O)c1ccc(Sc2ncccc2Br)c(Br)c1. The summed E-state index contributed by atoms with van der Waals surface area (Å²) >= 11 is 8.57. The Balaban J connectivity index is 2.28. The summed E-state index contributed by atoms with van der Waals surface area (Å²) in [5.74, 6) is 0. The molecule has 1 aromatic heterocycles. The largest absolute Gasteiger partial charge is 0.389 e. The van der Waals surface area contributed by atoms with Crippen molar-refractivity contribution < 1.29 is 5.11 Å². The molecule has 1 N–H and O–H groups in total. The Kier molecular flexibility index (Phi) is 4.84. The Morgan fingerprint density at radius 3 is 2.61 bits per heavy atom. The Morgan fingerprint density at radius 1 is 1.22 bits per heavy atom. The number of hydrogen-bond acceptors (Lipinski definition) is 3. The summed E-state index contributed by atoms with van der Waals surface area (Å²) in [7, 11) is 0. The highest BCUT2D eigenvalue weighted by atomic mass is 79.9. The van der Waals surface area contributed by atoms with Crippen molar-refractivity contribution in [3.05, 3.63) is 51.0 Å². The van der Waals surface area contributed by atoms with Gasteiger partial charge in [0, 0.05) is 15.6 Å². The summed E-state index contributed by atoms with van der Waals surface area (Å²) in [6.07, 6.45) is 1.31. The van der Waals surface area contributed by atoms with Gasteiger partial charge in [0.05, 0.1) is 10.6 Å². The highest BCUT2D eigenvalue weighted by Gasteiger charge is 2.09. The van der Waals surface area contributed by atoms with E-state index in [4.69, 9.17) is 0 Å². The minimum atomic E-state index is -0.457. The van der Waals surface area contributed by atoms with Crippen molar-refractivity contribution >= 4 is 43.6 Å². The van der Waals surface area contributed by atoms with Gasteiger partial charge in [0.1, 0.15) is 5.03 Å². The molecule has 2 nitrogen and oxygen atoms in total. The topological polar surface area (TPSA) is 33.1 Å². The third-order valence-electron chi connectivity index (χ3n) is 2.37. The maximum atomic E-state index is 9.53. The highest BCUT2D eigenvalue weighted by Crippen LogP contribution is 2.36. The van der Waals surface area contributed by atoms with Crippen molar-refractivity contribution in [2.75, 3.05) is 0 Å². The molecular weight excluding hydrogens is 378 g/mol. The van der Waals surface area contributed by atoms with Crippen LogP contribution in [0.3, 0.4) is 0 Å². The second kappa shape index (κ2) is 6.19. The maximum Gasteiger partial charge on any atom is 0.115 e. The molecule has 1 atom stereocenters. The molecule has 0 aliphatic heterocycles. The Hall–Kier alpha value is -0.360. The van der Waals surface area contributed by atoms with Crippen LogP contribution in [0.1, 0.15) is 18.6 Å². The molecule has 94 valence electrons. The zero-order valence-corrected chi connectivity index (χ0v) is 13.6. The summed E-state index contributed by atoms with van der Waals surface area (Å²) in [6.45, 7) is 1.75. The average molecular weight is 389 g/mol. The van der Waals surface area contributed by atoms with Gasteiger partial charge in [0.25, 0.3) is 0 Å². The summed E-state index contributed by atoms with van der Waals surface area (Å²) in [4.78, 5) is 5.39. The highest BCUT2D eigenvalue weighted by molar-refractivity contribution is 9.11. The van der Waals surface area contributed by atoms with Gasteiger partial charge >= 0.3 is 0 Å². The number of aromatic nitrogens is 1. The molecule has 0 bridgehead atoms. The first-order valence-corrected chi connectivity index (χ1v) is 7.74. The summed E-state index contributed by atoms with van der Waals surface area (Å²) in [6, 6.07) is 9.70. The van der Waals surface area contributed by atoms with Gasteiger partial charge in [0.2, 0.25) is 0 Å². The van der Waals surface area contributed by atoms with Gasteiger partial charge < -0.3 is 5.11 Å². The number of pyridine rings is 1. The van der Waals surface area contributed by atoms with Gasteiger partial charge in [-0.05, 0) is 68.6 Å². The Morgan fingerprint density at radius 2 is 2.00 bits per heavy atom. The lowest BCUT2D eigenvalue weighted by molar-refractivity contribution is 0.199. The van der Waals surface area contributed by atoms with Crippen LogP contribution in [0.5, 0.6) is 0 Å². The molecular formula is C13H11Br2NOS. The molecule has 2 rings (SSSR count). The molecule has 1 heterocycles. The van der Waals surface area contributed by atoms with Crippen molar-refractivity contribution in [2.24, 2.45) is 0 Å². The van der Waals surface area contributed by atoms with Crippen LogP contribution in [0.4, 0.5) is 0 Å². The first kappa shape index (κ1) is 14.1. The number of hydrogen-bond donors (Lipinski definition) is 1. The molecule has 0 aliphatic carbocycles. The fourth-order valence-electron chi connectivity index (χ4n) is 1.41. The van der Waals surface area contributed by atoms with Gasteiger partial charge in [0.15, 0.2) is 0 Å². The van der Waals surface area contributed by atoms with Crippen LogP contribution < -0.4 is 0 Å². The number of nitrogens with zero attached hydrogens (tertiary/aromatic N) is 1. The van der Waals surface area contributed by atoms with Crippen molar-refractivity contribution in [3.63, 3.8) is 0 Å². The van der Waals surface area contributed by atoms with E-state index in [0.717, 1.165) is 24.4 Å². The van der Waals surface area contributed by atoms with Gasteiger partial charge in [-0.2, -0.15) is 0 Å². The summed E-state index contributed by atoms with van der Waals surface area (Å²) in [5.41, 5.74) is 0.895. The molecule has 0 aliphatic rings. The average Bonchev–Trinajstić information content (AvgIpc) is 2.34. The fourth-order valence-corrected chi connectivity index (χ4v) is 3.33. The van der Waals surface area contributed by atoms with Gasteiger partial charge in [-0.15, -0.1) is 0 Å². The smallest absolute Gasteiger partial charge is 0.115 e. The van der Waals surface area contributed by atoms with Crippen molar-refractivity contribution in [3.8, 4) is 0 Å². The number of aliphatic hydroxyl groups is 1. The van der Waals surface area contributed by atoms with E-state index >= 15 is 0 Å². The minimum Gasteiger partial charge on any atom is -0.389 e. The predicted molar refractivity (Wildman–Crippen MR) is 80.8 cm³/mol. The normalized spacial score (nSPS) is 12.4. The minimum absolute atomic E-state index is 0.457. The van der Waals surface area contributed by atoms with E-state index in [-0.39, 0.29) is 0 Å². The van der Waals surface area contributed by atoms with E-state index in [1.165, 1.54) is 0 Å². The number of rotatable bonds is 3. The van der Waals surface area contributed by atoms with E-state index in [2.05, 4.69) is 36.8 Å².